The molecular formula is C16H21N3OS3. The largest absolute Gasteiger partial charge is 0.356 e. The van der Waals surface area contributed by atoms with Crippen molar-refractivity contribution in [1.29, 1.82) is 0 Å². The summed E-state index contributed by atoms with van der Waals surface area (Å²) in [5.41, 5.74) is 2.64. The van der Waals surface area contributed by atoms with Crippen LogP contribution >= 0.6 is 34.9 Å². The standard InChI is InChI=1S/C16H21N3OS3/c1-4-17-14(20)10-22-16-19-18-15(23-16)21-9-12-5-7-13(8-6-12)11(2)3/h5-8,11H,4,9-10H2,1-3H3,(H,17,20). The summed E-state index contributed by atoms with van der Waals surface area (Å²) in [6, 6.07) is 8.73. The molecule has 0 aliphatic heterocycles. The van der Waals surface area contributed by atoms with E-state index in [0.29, 0.717) is 18.2 Å². The minimum Gasteiger partial charge on any atom is -0.356 e. The fraction of sp³-hybridized carbons (Fsp3) is 0.438. The molecule has 1 amide bonds. The number of hydrogen-bond acceptors (Lipinski definition) is 6. The van der Waals surface area contributed by atoms with Crippen molar-refractivity contribution in [1.82, 2.24) is 15.5 Å². The fourth-order valence-corrected chi connectivity index (χ4v) is 4.64. The normalized spacial score (nSPS) is 11.0. The third-order valence-corrected chi connectivity index (χ3v) is 6.36. The Labute approximate surface area is 149 Å². The van der Waals surface area contributed by atoms with Gasteiger partial charge >= 0.3 is 0 Å². The lowest BCUT2D eigenvalue weighted by Crippen LogP contribution is -2.24. The minimum absolute atomic E-state index is 0.0344. The minimum atomic E-state index is 0.0344. The molecule has 1 aromatic carbocycles. The maximum Gasteiger partial charge on any atom is 0.230 e. The molecule has 1 N–H and O–H groups in total. The van der Waals surface area contributed by atoms with Crippen molar-refractivity contribution in [3.05, 3.63) is 35.4 Å². The molecule has 0 saturated carbocycles. The Hall–Kier alpha value is -1.05. The summed E-state index contributed by atoms with van der Waals surface area (Å²) >= 11 is 4.66. The zero-order valence-corrected chi connectivity index (χ0v) is 16.0. The SMILES string of the molecule is CCNC(=O)CSc1nnc(SCc2ccc(C(C)C)cc2)s1. The van der Waals surface area contributed by atoms with Crippen LogP contribution in [0.25, 0.3) is 0 Å². The first-order valence-corrected chi connectivity index (χ1v) is 10.3. The summed E-state index contributed by atoms with van der Waals surface area (Å²) in [5, 5.41) is 11.1. The Morgan fingerprint density at radius 3 is 2.43 bits per heavy atom. The van der Waals surface area contributed by atoms with E-state index in [0.717, 1.165) is 14.4 Å². The van der Waals surface area contributed by atoms with Crippen LogP contribution in [0.3, 0.4) is 0 Å². The predicted molar refractivity (Wildman–Crippen MR) is 99.4 cm³/mol. The van der Waals surface area contributed by atoms with E-state index in [-0.39, 0.29) is 5.91 Å². The van der Waals surface area contributed by atoms with E-state index in [1.165, 1.54) is 22.9 Å². The molecule has 0 unspecified atom stereocenters. The van der Waals surface area contributed by atoms with E-state index >= 15 is 0 Å². The van der Waals surface area contributed by atoms with Crippen LogP contribution in [0.1, 0.15) is 37.8 Å². The van der Waals surface area contributed by atoms with Gasteiger partial charge in [0.25, 0.3) is 0 Å². The predicted octanol–water partition coefficient (Wildman–Crippen LogP) is 4.18. The van der Waals surface area contributed by atoms with Gasteiger partial charge in [-0.1, -0.05) is 73.0 Å². The second-order valence-electron chi connectivity index (χ2n) is 5.26. The van der Waals surface area contributed by atoms with Crippen molar-refractivity contribution in [3.8, 4) is 0 Å². The van der Waals surface area contributed by atoms with E-state index in [2.05, 4.69) is 53.6 Å². The molecule has 0 saturated heterocycles. The first-order valence-electron chi connectivity index (χ1n) is 7.53. The molecule has 2 rings (SSSR count). The molecule has 1 aromatic heterocycles. The van der Waals surface area contributed by atoms with Crippen molar-refractivity contribution in [3.63, 3.8) is 0 Å². The van der Waals surface area contributed by atoms with Crippen molar-refractivity contribution < 1.29 is 4.79 Å². The first kappa shape index (κ1) is 18.3. The number of hydrogen-bond donors (Lipinski definition) is 1. The molecule has 0 fully saturated rings. The van der Waals surface area contributed by atoms with Crippen LogP contribution in [0.5, 0.6) is 0 Å². The van der Waals surface area contributed by atoms with Crippen molar-refractivity contribution >= 4 is 40.8 Å². The van der Waals surface area contributed by atoms with Crippen LogP contribution in [0.15, 0.2) is 32.9 Å². The van der Waals surface area contributed by atoms with Gasteiger partial charge in [-0.05, 0) is 24.0 Å². The summed E-state index contributed by atoms with van der Waals surface area (Å²) in [5.74, 6) is 1.87. The molecule has 0 bridgehead atoms. The van der Waals surface area contributed by atoms with Gasteiger partial charge in [0.1, 0.15) is 0 Å². The smallest absolute Gasteiger partial charge is 0.230 e. The van der Waals surface area contributed by atoms with Gasteiger partial charge in [0.15, 0.2) is 8.68 Å². The number of amides is 1. The molecule has 0 spiro atoms. The number of benzene rings is 1. The molecule has 0 aliphatic rings. The summed E-state index contributed by atoms with van der Waals surface area (Å²) in [7, 11) is 0. The molecular weight excluding hydrogens is 346 g/mol. The Morgan fingerprint density at radius 2 is 1.83 bits per heavy atom. The topological polar surface area (TPSA) is 54.9 Å². The average Bonchev–Trinajstić information content (AvgIpc) is 2.99. The number of nitrogens with one attached hydrogen (secondary N) is 1. The van der Waals surface area contributed by atoms with E-state index < -0.39 is 0 Å². The summed E-state index contributed by atoms with van der Waals surface area (Å²) < 4.78 is 1.78. The molecule has 0 radical (unpaired) electrons. The number of carbonyl (C=O) groups is 1. The molecule has 4 nitrogen and oxygen atoms in total. The summed E-state index contributed by atoms with van der Waals surface area (Å²) in [4.78, 5) is 11.4. The fourth-order valence-electron chi connectivity index (χ4n) is 1.83. The molecule has 23 heavy (non-hydrogen) atoms. The lowest BCUT2D eigenvalue weighted by Gasteiger charge is -2.05. The molecule has 0 aliphatic carbocycles. The molecule has 2 aromatic rings. The van der Waals surface area contributed by atoms with E-state index in [1.54, 1.807) is 23.1 Å². The third-order valence-electron chi connectivity index (χ3n) is 3.10. The van der Waals surface area contributed by atoms with E-state index in [1.807, 2.05) is 6.92 Å². The highest BCUT2D eigenvalue weighted by Crippen LogP contribution is 2.30. The monoisotopic (exact) mass is 367 g/mol. The zero-order valence-electron chi connectivity index (χ0n) is 13.5. The quantitative estimate of drug-likeness (QED) is 0.709. The van der Waals surface area contributed by atoms with Crippen molar-refractivity contribution in [2.75, 3.05) is 12.3 Å². The van der Waals surface area contributed by atoms with Crippen LogP contribution in [-0.4, -0.2) is 28.4 Å². The van der Waals surface area contributed by atoms with Crippen LogP contribution in [0.2, 0.25) is 0 Å². The maximum atomic E-state index is 11.4. The summed E-state index contributed by atoms with van der Waals surface area (Å²) in [6.07, 6.45) is 0. The third kappa shape index (κ3) is 6.16. The van der Waals surface area contributed by atoms with Crippen LogP contribution in [0.4, 0.5) is 0 Å². The van der Waals surface area contributed by atoms with Gasteiger partial charge in [-0.15, -0.1) is 10.2 Å². The number of nitrogens with zero attached hydrogens (tertiary/aromatic N) is 2. The highest BCUT2D eigenvalue weighted by atomic mass is 32.2. The highest BCUT2D eigenvalue weighted by Gasteiger charge is 2.08. The molecule has 7 heteroatoms. The Kier molecular flexibility index (Phi) is 7.39. The van der Waals surface area contributed by atoms with Gasteiger partial charge in [0, 0.05) is 12.3 Å². The zero-order chi connectivity index (χ0) is 16.7. The van der Waals surface area contributed by atoms with Crippen molar-refractivity contribution in [2.45, 2.75) is 41.1 Å². The number of carbonyl (C=O) groups excluding carboxylic acids is 1. The van der Waals surface area contributed by atoms with E-state index in [4.69, 9.17) is 0 Å². The van der Waals surface area contributed by atoms with Gasteiger partial charge in [-0.2, -0.15) is 0 Å². The van der Waals surface area contributed by atoms with Crippen LogP contribution in [0, 0.1) is 0 Å². The molecule has 124 valence electrons. The molecule has 0 atom stereocenters. The number of aromatic nitrogens is 2. The number of rotatable bonds is 8. The van der Waals surface area contributed by atoms with Gasteiger partial charge in [-0.3, -0.25) is 4.79 Å². The van der Waals surface area contributed by atoms with Crippen LogP contribution < -0.4 is 5.32 Å². The van der Waals surface area contributed by atoms with Gasteiger partial charge in [0.2, 0.25) is 5.91 Å². The lowest BCUT2D eigenvalue weighted by atomic mass is 10.0. The first-order chi connectivity index (χ1) is 11.1. The molecule has 1 heterocycles. The van der Waals surface area contributed by atoms with Crippen LogP contribution in [-0.2, 0) is 10.5 Å². The average molecular weight is 368 g/mol. The Bertz CT molecular complexity index is 626. The van der Waals surface area contributed by atoms with Crippen molar-refractivity contribution in [2.24, 2.45) is 0 Å². The van der Waals surface area contributed by atoms with Gasteiger partial charge < -0.3 is 5.32 Å². The lowest BCUT2D eigenvalue weighted by molar-refractivity contribution is -0.118. The van der Waals surface area contributed by atoms with Gasteiger partial charge in [0.05, 0.1) is 5.75 Å². The maximum absolute atomic E-state index is 11.4. The summed E-state index contributed by atoms with van der Waals surface area (Å²) in [6.45, 7) is 6.97. The highest BCUT2D eigenvalue weighted by molar-refractivity contribution is 8.03. The second kappa shape index (κ2) is 9.30. The Morgan fingerprint density at radius 1 is 1.17 bits per heavy atom. The number of thioether (sulfide) groups is 2. The second-order valence-corrected chi connectivity index (χ2v) is 8.68. The van der Waals surface area contributed by atoms with Gasteiger partial charge in [-0.25, -0.2) is 0 Å². The Balaban J connectivity index is 1.81. The van der Waals surface area contributed by atoms with E-state index in [9.17, 15) is 4.79 Å².